The molecule has 2 aromatic carbocycles. The van der Waals surface area contributed by atoms with Crippen LogP contribution in [0, 0.1) is 6.92 Å². The average molecular weight is 253 g/mol. The van der Waals surface area contributed by atoms with Crippen LogP contribution in [0.1, 0.15) is 23.0 Å². The summed E-state index contributed by atoms with van der Waals surface area (Å²) < 4.78 is 5.76. The van der Waals surface area contributed by atoms with Crippen molar-refractivity contribution in [2.45, 2.75) is 13.0 Å². The van der Waals surface area contributed by atoms with Crippen LogP contribution < -0.4 is 5.73 Å². The van der Waals surface area contributed by atoms with E-state index in [4.69, 9.17) is 10.2 Å². The van der Waals surface area contributed by atoms with Gasteiger partial charge in [0, 0.05) is 11.1 Å². The van der Waals surface area contributed by atoms with Crippen LogP contribution in [-0.4, -0.2) is 5.11 Å². The van der Waals surface area contributed by atoms with Gasteiger partial charge in [0.15, 0.2) is 0 Å². The summed E-state index contributed by atoms with van der Waals surface area (Å²) in [5.41, 5.74) is 8.98. The van der Waals surface area contributed by atoms with Gasteiger partial charge in [0.25, 0.3) is 0 Å². The summed E-state index contributed by atoms with van der Waals surface area (Å²) in [6.07, 6.45) is -0.771. The highest BCUT2D eigenvalue weighted by Crippen LogP contribution is 2.29. The molecule has 0 aliphatic heterocycles. The maximum absolute atomic E-state index is 10.3. The van der Waals surface area contributed by atoms with E-state index in [0.717, 1.165) is 22.1 Å². The topological polar surface area (TPSA) is 59.4 Å². The molecule has 3 rings (SSSR count). The molecule has 1 heterocycles. The molecule has 3 N–H and O–H groups in total. The van der Waals surface area contributed by atoms with Crippen molar-refractivity contribution in [3.63, 3.8) is 0 Å². The zero-order chi connectivity index (χ0) is 13.4. The van der Waals surface area contributed by atoms with E-state index in [1.54, 1.807) is 24.3 Å². The van der Waals surface area contributed by atoms with Gasteiger partial charge < -0.3 is 15.3 Å². The summed E-state index contributed by atoms with van der Waals surface area (Å²) in [7, 11) is 0. The highest BCUT2D eigenvalue weighted by Gasteiger charge is 2.16. The number of furan rings is 1. The summed E-state index contributed by atoms with van der Waals surface area (Å²) in [6.45, 7) is 1.99. The molecular formula is C16H15NO2. The third-order valence-corrected chi connectivity index (χ3v) is 3.28. The number of fused-ring (bicyclic) bond motifs is 1. The smallest absolute Gasteiger partial charge is 0.138 e. The fourth-order valence-electron chi connectivity index (χ4n) is 2.21. The first kappa shape index (κ1) is 11.8. The van der Waals surface area contributed by atoms with E-state index >= 15 is 0 Å². The summed E-state index contributed by atoms with van der Waals surface area (Å²) in [4.78, 5) is 0. The molecule has 3 nitrogen and oxygen atoms in total. The van der Waals surface area contributed by atoms with Gasteiger partial charge in [-0.2, -0.15) is 0 Å². The van der Waals surface area contributed by atoms with Crippen LogP contribution in [0.5, 0.6) is 0 Å². The van der Waals surface area contributed by atoms with Gasteiger partial charge >= 0.3 is 0 Å². The SMILES string of the molecule is Cc1cccc2cc(C(O)c3ccc(N)cc3)oc12. The number of aliphatic hydroxyl groups is 1. The van der Waals surface area contributed by atoms with E-state index in [-0.39, 0.29) is 0 Å². The molecule has 0 amide bonds. The number of hydrogen-bond acceptors (Lipinski definition) is 3. The molecule has 96 valence electrons. The van der Waals surface area contributed by atoms with Gasteiger partial charge in [0.05, 0.1) is 0 Å². The normalized spacial score (nSPS) is 12.7. The molecule has 3 aromatic rings. The second kappa shape index (κ2) is 4.44. The van der Waals surface area contributed by atoms with Crippen molar-refractivity contribution < 1.29 is 9.52 Å². The van der Waals surface area contributed by atoms with Crippen molar-refractivity contribution in [2.24, 2.45) is 0 Å². The molecule has 0 aliphatic rings. The summed E-state index contributed by atoms with van der Waals surface area (Å²) >= 11 is 0. The lowest BCUT2D eigenvalue weighted by molar-refractivity contribution is 0.192. The molecule has 1 atom stereocenters. The average Bonchev–Trinajstić information content (AvgIpc) is 2.84. The number of rotatable bonds is 2. The number of aryl methyl sites for hydroxylation is 1. The number of anilines is 1. The lowest BCUT2D eigenvalue weighted by atomic mass is 10.1. The van der Waals surface area contributed by atoms with Crippen LogP contribution in [0.2, 0.25) is 0 Å². The Morgan fingerprint density at radius 3 is 2.53 bits per heavy atom. The molecule has 0 aliphatic carbocycles. The molecule has 0 bridgehead atoms. The van der Waals surface area contributed by atoms with Crippen molar-refractivity contribution >= 4 is 16.7 Å². The van der Waals surface area contributed by atoms with Crippen molar-refractivity contribution in [1.82, 2.24) is 0 Å². The summed E-state index contributed by atoms with van der Waals surface area (Å²) in [5, 5.41) is 11.3. The van der Waals surface area contributed by atoms with Gasteiger partial charge in [-0.25, -0.2) is 0 Å². The number of nitrogens with two attached hydrogens (primary N) is 1. The van der Waals surface area contributed by atoms with Gasteiger partial charge in [-0.05, 0) is 36.2 Å². The van der Waals surface area contributed by atoms with Crippen LogP contribution in [0.25, 0.3) is 11.0 Å². The molecule has 19 heavy (non-hydrogen) atoms. The van der Waals surface area contributed by atoms with E-state index in [2.05, 4.69) is 0 Å². The molecule has 1 unspecified atom stereocenters. The number of nitrogen functional groups attached to an aromatic ring is 1. The molecule has 0 saturated heterocycles. The van der Waals surface area contributed by atoms with Crippen LogP contribution in [-0.2, 0) is 0 Å². The van der Waals surface area contributed by atoms with E-state index in [9.17, 15) is 5.11 Å². The van der Waals surface area contributed by atoms with E-state index < -0.39 is 6.10 Å². The first-order valence-corrected chi connectivity index (χ1v) is 6.18. The van der Waals surface area contributed by atoms with Crippen molar-refractivity contribution in [3.05, 3.63) is 65.4 Å². The van der Waals surface area contributed by atoms with Gasteiger partial charge in [-0.15, -0.1) is 0 Å². The highest BCUT2D eigenvalue weighted by atomic mass is 16.4. The predicted molar refractivity (Wildman–Crippen MR) is 75.9 cm³/mol. The van der Waals surface area contributed by atoms with Gasteiger partial charge in [0.2, 0.25) is 0 Å². The standard InChI is InChI=1S/C16H15NO2/c1-10-3-2-4-12-9-14(19-16(10)12)15(18)11-5-7-13(17)8-6-11/h2-9,15,18H,17H2,1H3. The minimum absolute atomic E-state index is 0.550. The molecule has 1 aromatic heterocycles. The maximum atomic E-state index is 10.3. The lowest BCUT2D eigenvalue weighted by Crippen LogP contribution is -1.98. The number of para-hydroxylation sites is 1. The Balaban J connectivity index is 2.04. The Kier molecular flexibility index (Phi) is 2.76. The molecule has 0 spiro atoms. The Hall–Kier alpha value is -2.26. The van der Waals surface area contributed by atoms with Gasteiger partial charge in [-0.1, -0.05) is 30.3 Å². The third kappa shape index (κ3) is 2.09. The fraction of sp³-hybridized carbons (Fsp3) is 0.125. The number of aliphatic hydroxyl groups excluding tert-OH is 1. The Labute approximate surface area is 111 Å². The molecule has 3 heteroatoms. The number of hydrogen-bond donors (Lipinski definition) is 2. The Morgan fingerprint density at radius 1 is 1.11 bits per heavy atom. The molecule has 0 saturated carbocycles. The predicted octanol–water partition coefficient (Wildman–Crippen LogP) is 3.41. The van der Waals surface area contributed by atoms with Crippen molar-refractivity contribution in [1.29, 1.82) is 0 Å². The van der Waals surface area contributed by atoms with Crippen LogP contribution in [0.4, 0.5) is 5.69 Å². The lowest BCUT2D eigenvalue weighted by Gasteiger charge is -2.07. The Bertz CT molecular complexity index is 713. The Morgan fingerprint density at radius 2 is 1.84 bits per heavy atom. The molecule has 0 fully saturated rings. The van der Waals surface area contributed by atoms with Gasteiger partial charge in [-0.3, -0.25) is 0 Å². The molecule has 0 radical (unpaired) electrons. The van der Waals surface area contributed by atoms with E-state index in [1.165, 1.54) is 0 Å². The summed E-state index contributed by atoms with van der Waals surface area (Å²) in [6, 6.07) is 15.0. The second-order valence-corrected chi connectivity index (χ2v) is 4.71. The van der Waals surface area contributed by atoms with Crippen LogP contribution in [0.15, 0.2) is 52.9 Å². The first-order chi connectivity index (χ1) is 9.15. The zero-order valence-corrected chi connectivity index (χ0v) is 10.6. The third-order valence-electron chi connectivity index (χ3n) is 3.28. The largest absolute Gasteiger partial charge is 0.458 e. The molecular weight excluding hydrogens is 238 g/mol. The minimum atomic E-state index is -0.771. The van der Waals surface area contributed by atoms with Gasteiger partial charge in [0.1, 0.15) is 17.4 Å². The zero-order valence-electron chi connectivity index (χ0n) is 10.6. The summed E-state index contributed by atoms with van der Waals surface area (Å²) in [5.74, 6) is 0.550. The maximum Gasteiger partial charge on any atom is 0.138 e. The second-order valence-electron chi connectivity index (χ2n) is 4.71. The van der Waals surface area contributed by atoms with Crippen LogP contribution >= 0.6 is 0 Å². The van der Waals surface area contributed by atoms with Crippen molar-refractivity contribution in [3.8, 4) is 0 Å². The first-order valence-electron chi connectivity index (χ1n) is 6.18. The monoisotopic (exact) mass is 253 g/mol. The van der Waals surface area contributed by atoms with E-state index in [1.807, 2.05) is 31.2 Å². The highest BCUT2D eigenvalue weighted by molar-refractivity contribution is 5.81. The number of benzene rings is 2. The quantitative estimate of drug-likeness (QED) is 0.688. The van der Waals surface area contributed by atoms with Crippen LogP contribution in [0.3, 0.4) is 0 Å². The van der Waals surface area contributed by atoms with Crippen molar-refractivity contribution in [2.75, 3.05) is 5.73 Å². The van der Waals surface area contributed by atoms with E-state index in [0.29, 0.717) is 11.4 Å². The minimum Gasteiger partial charge on any atom is -0.458 e. The fourth-order valence-corrected chi connectivity index (χ4v) is 2.21.